The minimum atomic E-state index is -0.283. The molecule has 151 valence electrons. The van der Waals surface area contributed by atoms with Crippen molar-refractivity contribution >= 4 is 36.4 Å². The number of pyridine rings is 1. The van der Waals surface area contributed by atoms with Crippen molar-refractivity contribution in [1.29, 1.82) is 0 Å². The molecule has 2 aromatic heterocycles. The van der Waals surface area contributed by atoms with Gasteiger partial charge in [0.15, 0.2) is 0 Å². The summed E-state index contributed by atoms with van der Waals surface area (Å²) in [5.41, 5.74) is 3.85. The average Bonchev–Trinajstić information content (AvgIpc) is 2.75. The second-order valence-corrected chi connectivity index (χ2v) is 10.00. The number of likely N-dealkylation sites (tertiary alicyclic amines) is 1. The van der Waals surface area contributed by atoms with Gasteiger partial charge in [-0.3, -0.25) is 0 Å². The summed E-state index contributed by atoms with van der Waals surface area (Å²) in [6.07, 6.45) is 3.95. The molecule has 0 N–H and O–H groups in total. The Labute approximate surface area is 184 Å². The average molecular weight is 459 g/mol. The monoisotopic (exact) mass is 459 g/mol. The second kappa shape index (κ2) is 9.38. The van der Waals surface area contributed by atoms with E-state index in [9.17, 15) is 4.79 Å². The van der Waals surface area contributed by atoms with Gasteiger partial charge in [-0.2, -0.15) is 0 Å². The minimum absolute atomic E-state index is 0.276. The third-order valence-corrected chi connectivity index (χ3v) is 7.23. The second-order valence-electron chi connectivity index (χ2n) is 7.60. The van der Waals surface area contributed by atoms with Crippen molar-refractivity contribution in [2.24, 2.45) is 0 Å². The molecule has 1 aliphatic heterocycles. The van der Waals surface area contributed by atoms with E-state index in [1.54, 1.807) is 0 Å². The summed E-state index contributed by atoms with van der Waals surface area (Å²) < 4.78 is 2.19. The fraction of sp³-hybridized carbons (Fsp3) is 0.292. The Morgan fingerprint density at radius 3 is 2.70 bits per heavy atom. The topological polar surface area (TPSA) is 59.0 Å². The number of hydrogen-bond donors (Lipinski definition) is 0. The van der Waals surface area contributed by atoms with Crippen LogP contribution in [0.15, 0.2) is 54.7 Å². The molecule has 1 saturated heterocycles. The van der Waals surface area contributed by atoms with E-state index < -0.39 is 0 Å². The van der Waals surface area contributed by atoms with E-state index in [-0.39, 0.29) is 21.7 Å². The van der Waals surface area contributed by atoms with Crippen LogP contribution in [-0.2, 0) is 4.79 Å². The SMILES string of the molecule is Cc1ccnc([As]c2cc(C3CCCN(C(=C=O)c4ccccc4)C3)nc(C)n2)c1. The van der Waals surface area contributed by atoms with Crippen LogP contribution in [0.25, 0.3) is 5.70 Å². The molecule has 1 atom stereocenters. The molecule has 1 aromatic carbocycles. The summed E-state index contributed by atoms with van der Waals surface area (Å²) in [5, 5.41) is 0. The number of aromatic nitrogens is 3. The van der Waals surface area contributed by atoms with Crippen LogP contribution >= 0.6 is 0 Å². The van der Waals surface area contributed by atoms with E-state index in [2.05, 4.69) is 39.9 Å². The maximum absolute atomic E-state index is 11.8. The van der Waals surface area contributed by atoms with Crippen LogP contribution in [0.2, 0.25) is 0 Å². The van der Waals surface area contributed by atoms with Crippen LogP contribution in [0.5, 0.6) is 0 Å². The van der Waals surface area contributed by atoms with Crippen molar-refractivity contribution in [1.82, 2.24) is 19.9 Å². The van der Waals surface area contributed by atoms with Crippen molar-refractivity contribution in [3.8, 4) is 0 Å². The van der Waals surface area contributed by atoms with Crippen molar-refractivity contribution < 1.29 is 4.79 Å². The Hall–Kier alpha value is -2.74. The molecule has 6 heteroatoms. The number of hydrogen-bond acceptors (Lipinski definition) is 5. The van der Waals surface area contributed by atoms with Gasteiger partial charge in [-0.1, -0.05) is 0 Å². The predicted molar refractivity (Wildman–Crippen MR) is 120 cm³/mol. The van der Waals surface area contributed by atoms with Crippen LogP contribution in [0.1, 0.15) is 41.4 Å². The summed E-state index contributed by atoms with van der Waals surface area (Å²) in [5.74, 6) is 3.26. The summed E-state index contributed by atoms with van der Waals surface area (Å²) >= 11 is -0.283. The Kier molecular flexibility index (Phi) is 6.42. The van der Waals surface area contributed by atoms with Gasteiger partial charge in [0.25, 0.3) is 0 Å². The molecule has 0 saturated carbocycles. The molecule has 1 radical (unpaired) electrons. The predicted octanol–water partition coefficient (Wildman–Crippen LogP) is 2.20. The van der Waals surface area contributed by atoms with Crippen LogP contribution < -0.4 is 8.96 Å². The zero-order valence-electron chi connectivity index (χ0n) is 17.2. The summed E-state index contributed by atoms with van der Waals surface area (Å²) in [4.78, 5) is 27.9. The summed E-state index contributed by atoms with van der Waals surface area (Å²) in [6.45, 7) is 5.68. The molecule has 0 amide bonds. The van der Waals surface area contributed by atoms with Crippen LogP contribution in [0.4, 0.5) is 0 Å². The van der Waals surface area contributed by atoms with E-state index in [0.29, 0.717) is 5.70 Å². The van der Waals surface area contributed by atoms with Gasteiger partial charge in [-0.05, 0) is 0 Å². The van der Waals surface area contributed by atoms with Gasteiger partial charge in [0, 0.05) is 0 Å². The molecule has 3 aromatic rings. The van der Waals surface area contributed by atoms with Crippen LogP contribution in [-0.4, -0.2) is 54.6 Å². The van der Waals surface area contributed by atoms with Crippen molar-refractivity contribution in [3.63, 3.8) is 0 Å². The van der Waals surface area contributed by atoms with E-state index in [1.807, 2.05) is 49.5 Å². The zero-order chi connectivity index (χ0) is 20.9. The standard InChI is InChI=1S/C24H24AsN4O/c1-17-10-11-26-23(13-17)25-24-14-21(27-18(2)28-24)20-9-6-12-29(15-20)22(16-30)19-7-4-3-5-8-19/h3-5,7-8,10-11,13-14,20H,6,9,12,15H2,1-2H3. The number of rotatable bonds is 5. The molecule has 1 unspecified atom stereocenters. The van der Waals surface area contributed by atoms with E-state index in [0.717, 1.165) is 52.0 Å². The Balaban J connectivity index is 1.56. The first-order valence-corrected chi connectivity index (χ1v) is 12.1. The van der Waals surface area contributed by atoms with E-state index in [1.165, 1.54) is 5.56 Å². The molecular weight excluding hydrogens is 435 g/mol. The molecular formula is C24H24AsN4O. The normalized spacial score (nSPS) is 16.6. The number of carbonyl (C=O) groups excluding carboxylic acids is 1. The van der Waals surface area contributed by atoms with Gasteiger partial charge in [0.1, 0.15) is 0 Å². The third kappa shape index (κ3) is 4.87. The fourth-order valence-corrected chi connectivity index (χ4v) is 6.00. The van der Waals surface area contributed by atoms with Crippen LogP contribution in [0.3, 0.4) is 0 Å². The van der Waals surface area contributed by atoms with Gasteiger partial charge in [0.2, 0.25) is 0 Å². The number of nitrogens with zero attached hydrogens (tertiary/aromatic N) is 4. The van der Waals surface area contributed by atoms with Crippen LogP contribution in [0, 0.1) is 13.8 Å². The Bertz CT molecular complexity index is 1080. The van der Waals surface area contributed by atoms with Gasteiger partial charge >= 0.3 is 184 Å². The van der Waals surface area contributed by atoms with Gasteiger partial charge in [-0.15, -0.1) is 0 Å². The number of benzene rings is 1. The molecule has 30 heavy (non-hydrogen) atoms. The third-order valence-electron chi connectivity index (χ3n) is 5.27. The van der Waals surface area contributed by atoms with Crippen molar-refractivity contribution in [2.75, 3.05) is 13.1 Å². The molecule has 4 rings (SSSR count). The quantitative estimate of drug-likeness (QED) is 0.433. The van der Waals surface area contributed by atoms with E-state index in [4.69, 9.17) is 4.98 Å². The molecule has 0 bridgehead atoms. The van der Waals surface area contributed by atoms with Crippen molar-refractivity contribution in [2.45, 2.75) is 32.6 Å². The van der Waals surface area contributed by atoms with Gasteiger partial charge < -0.3 is 0 Å². The molecule has 1 fully saturated rings. The number of aryl methyl sites for hydroxylation is 2. The first kappa shape index (κ1) is 20.5. The molecule has 5 nitrogen and oxygen atoms in total. The van der Waals surface area contributed by atoms with Gasteiger partial charge in [-0.25, -0.2) is 0 Å². The van der Waals surface area contributed by atoms with Gasteiger partial charge in [0.05, 0.1) is 0 Å². The molecule has 1 aliphatic rings. The molecule has 0 aliphatic carbocycles. The summed E-state index contributed by atoms with van der Waals surface area (Å²) in [7, 11) is 0. The maximum atomic E-state index is 11.8. The molecule has 0 spiro atoms. The fourth-order valence-electron chi connectivity index (χ4n) is 3.86. The Morgan fingerprint density at radius 2 is 1.93 bits per heavy atom. The molecule has 3 heterocycles. The Morgan fingerprint density at radius 1 is 1.10 bits per heavy atom. The summed E-state index contributed by atoms with van der Waals surface area (Å²) in [6, 6.07) is 16.1. The zero-order valence-corrected chi connectivity index (χ0v) is 19.1. The first-order valence-electron chi connectivity index (χ1n) is 10.2. The number of piperidine rings is 1. The van der Waals surface area contributed by atoms with Crippen molar-refractivity contribution in [3.05, 3.63) is 77.4 Å². The van der Waals surface area contributed by atoms with E-state index >= 15 is 0 Å². The first-order chi connectivity index (χ1) is 14.6.